The van der Waals surface area contributed by atoms with E-state index in [0.717, 1.165) is 16.3 Å². The van der Waals surface area contributed by atoms with Crippen LogP contribution in [0.2, 0.25) is 0 Å². The van der Waals surface area contributed by atoms with Crippen LogP contribution in [0, 0.1) is 5.92 Å². The minimum absolute atomic E-state index is 0.114. The highest BCUT2D eigenvalue weighted by Crippen LogP contribution is 2.33. The lowest BCUT2D eigenvalue weighted by Gasteiger charge is -2.13. The third-order valence-electron chi connectivity index (χ3n) is 3.76. The lowest BCUT2D eigenvalue weighted by molar-refractivity contribution is -0.124. The number of ether oxygens (including phenoxy) is 1. The zero-order chi connectivity index (χ0) is 16.9. The number of amides is 2. The molecule has 5 nitrogen and oxygen atoms in total. The van der Waals surface area contributed by atoms with E-state index in [0.29, 0.717) is 11.4 Å². The third kappa shape index (κ3) is 3.89. The molecule has 0 radical (unpaired) electrons. The van der Waals surface area contributed by atoms with E-state index in [1.165, 1.54) is 0 Å². The number of thioether (sulfide) groups is 1. The van der Waals surface area contributed by atoms with Crippen molar-refractivity contribution in [1.82, 2.24) is 0 Å². The molecule has 1 heterocycles. The van der Waals surface area contributed by atoms with Crippen molar-refractivity contribution >= 4 is 35.0 Å². The van der Waals surface area contributed by atoms with Crippen LogP contribution >= 0.6 is 11.8 Å². The average Bonchev–Trinajstić information content (AvgIpc) is 2.75. The van der Waals surface area contributed by atoms with Crippen molar-refractivity contribution in [2.45, 2.75) is 11.3 Å². The molecule has 2 amide bonds. The third-order valence-corrected chi connectivity index (χ3v) is 5.00. The molecule has 0 bridgehead atoms. The summed E-state index contributed by atoms with van der Waals surface area (Å²) in [5, 5.41) is 5.72. The van der Waals surface area contributed by atoms with E-state index >= 15 is 0 Å². The molecule has 6 heteroatoms. The molecule has 3 rings (SSSR count). The molecule has 0 saturated heterocycles. The van der Waals surface area contributed by atoms with Gasteiger partial charge in [-0.1, -0.05) is 12.1 Å². The lowest BCUT2D eigenvalue weighted by Crippen LogP contribution is -2.27. The summed E-state index contributed by atoms with van der Waals surface area (Å²) in [6.45, 7) is 0. The zero-order valence-electron chi connectivity index (χ0n) is 13.2. The smallest absolute Gasteiger partial charge is 0.228 e. The van der Waals surface area contributed by atoms with Gasteiger partial charge in [0.1, 0.15) is 5.75 Å². The predicted molar refractivity (Wildman–Crippen MR) is 95.5 cm³/mol. The number of anilines is 2. The summed E-state index contributed by atoms with van der Waals surface area (Å²) in [5.74, 6) is 0.661. The summed E-state index contributed by atoms with van der Waals surface area (Å²) in [6, 6.07) is 14.8. The summed E-state index contributed by atoms with van der Waals surface area (Å²) in [5.41, 5.74) is 1.50. The summed E-state index contributed by atoms with van der Waals surface area (Å²) >= 11 is 1.59. The van der Waals surface area contributed by atoms with Gasteiger partial charge in [0.15, 0.2) is 0 Å². The van der Waals surface area contributed by atoms with Gasteiger partial charge in [-0.2, -0.15) is 0 Å². The number of hydrogen-bond acceptors (Lipinski definition) is 4. The second-order valence-corrected chi connectivity index (χ2v) is 6.54. The number of para-hydroxylation sites is 1. The maximum absolute atomic E-state index is 12.3. The monoisotopic (exact) mass is 342 g/mol. The molecule has 1 aliphatic heterocycles. The fourth-order valence-corrected chi connectivity index (χ4v) is 3.56. The maximum Gasteiger partial charge on any atom is 0.228 e. The van der Waals surface area contributed by atoms with E-state index in [9.17, 15) is 9.59 Å². The van der Waals surface area contributed by atoms with Crippen molar-refractivity contribution in [3.8, 4) is 5.75 Å². The standard InChI is InChI=1S/C18H18N2O3S/c1-23-14-8-6-13(7-9-14)19-17(21)10-12-11-24-16-5-3-2-4-15(16)20-18(12)22/h2-9,12H,10-11H2,1H3,(H,19,21)(H,20,22)/t12-/m0/s1. The maximum atomic E-state index is 12.3. The summed E-state index contributed by atoms with van der Waals surface area (Å²) in [7, 11) is 1.59. The molecule has 0 aromatic heterocycles. The Balaban J connectivity index is 1.61. The van der Waals surface area contributed by atoms with Crippen LogP contribution in [0.25, 0.3) is 0 Å². The van der Waals surface area contributed by atoms with Gasteiger partial charge in [-0.3, -0.25) is 9.59 Å². The van der Waals surface area contributed by atoms with Gasteiger partial charge in [-0.15, -0.1) is 11.8 Å². The molecular weight excluding hydrogens is 324 g/mol. The molecule has 124 valence electrons. The Labute approximate surface area is 144 Å². The van der Waals surface area contributed by atoms with E-state index in [4.69, 9.17) is 4.74 Å². The van der Waals surface area contributed by atoms with E-state index in [1.807, 2.05) is 24.3 Å². The second-order valence-electron chi connectivity index (χ2n) is 5.47. The number of fused-ring (bicyclic) bond motifs is 1. The molecule has 1 aliphatic rings. The minimum Gasteiger partial charge on any atom is -0.497 e. The van der Waals surface area contributed by atoms with Crippen LogP contribution < -0.4 is 15.4 Å². The van der Waals surface area contributed by atoms with Gasteiger partial charge < -0.3 is 15.4 Å². The Hall–Kier alpha value is -2.47. The quantitative estimate of drug-likeness (QED) is 0.894. The highest BCUT2D eigenvalue weighted by Gasteiger charge is 2.26. The summed E-state index contributed by atoms with van der Waals surface area (Å²) in [6.07, 6.45) is 0.152. The molecule has 0 aliphatic carbocycles. The average molecular weight is 342 g/mol. The molecule has 2 aromatic carbocycles. The van der Waals surface area contributed by atoms with Gasteiger partial charge in [-0.25, -0.2) is 0 Å². The zero-order valence-corrected chi connectivity index (χ0v) is 14.1. The van der Waals surface area contributed by atoms with Crippen molar-refractivity contribution < 1.29 is 14.3 Å². The highest BCUT2D eigenvalue weighted by molar-refractivity contribution is 7.99. The predicted octanol–water partition coefficient (Wildman–Crippen LogP) is 3.38. The second kappa shape index (κ2) is 7.40. The van der Waals surface area contributed by atoms with Gasteiger partial charge in [0, 0.05) is 22.8 Å². The van der Waals surface area contributed by atoms with Crippen LogP contribution in [0.5, 0.6) is 5.75 Å². The fourth-order valence-electron chi connectivity index (χ4n) is 2.46. The molecular formula is C18H18N2O3S. The Bertz CT molecular complexity index is 746. The van der Waals surface area contributed by atoms with Crippen LogP contribution in [0.15, 0.2) is 53.4 Å². The number of rotatable bonds is 4. The Morgan fingerprint density at radius 3 is 2.75 bits per heavy atom. The number of benzene rings is 2. The number of nitrogens with one attached hydrogen (secondary N) is 2. The first-order valence-electron chi connectivity index (χ1n) is 7.62. The number of hydrogen-bond donors (Lipinski definition) is 2. The van der Waals surface area contributed by atoms with Crippen LogP contribution in [-0.4, -0.2) is 24.7 Å². The van der Waals surface area contributed by atoms with Crippen molar-refractivity contribution in [3.63, 3.8) is 0 Å². The molecule has 2 aromatic rings. The number of carbonyl (C=O) groups excluding carboxylic acids is 2. The van der Waals surface area contributed by atoms with Crippen molar-refractivity contribution in [3.05, 3.63) is 48.5 Å². The topological polar surface area (TPSA) is 67.4 Å². The van der Waals surface area contributed by atoms with E-state index in [2.05, 4.69) is 10.6 Å². The van der Waals surface area contributed by atoms with Gasteiger partial charge in [0.05, 0.1) is 18.7 Å². The van der Waals surface area contributed by atoms with Crippen molar-refractivity contribution in [2.24, 2.45) is 5.92 Å². The van der Waals surface area contributed by atoms with Gasteiger partial charge in [0.2, 0.25) is 11.8 Å². The van der Waals surface area contributed by atoms with Crippen molar-refractivity contribution in [2.75, 3.05) is 23.5 Å². The normalized spacial score (nSPS) is 16.5. The van der Waals surface area contributed by atoms with E-state index in [-0.39, 0.29) is 24.2 Å². The Morgan fingerprint density at radius 2 is 2.00 bits per heavy atom. The molecule has 0 saturated carbocycles. The largest absolute Gasteiger partial charge is 0.497 e. The summed E-state index contributed by atoms with van der Waals surface area (Å²) < 4.78 is 5.09. The van der Waals surface area contributed by atoms with E-state index in [1.54, 1.807) is 43.1 Å². The first-order valence-corrected chi connectivity index (χ1v) is 8.61. The highest BCUT2D eigenvalue weighted by atomic mass is 32.2. The van der Waals surface area contributed by atoms with Crippen LogP contribution in [0.1, 0.15) is 6.42 Å². The van der Waals surface area contributed by atoms with E-state index < -0.39 is 0 Å². The van der Waals surface area contributed by atoms with Gasteiger partial charge in [-0.05, 0) is 36.4 Å². The Kier molecular flexibility index (Phi) is 5.05. The van der Waals surface area contributed by atoms with Crippen molar-refractivity contribution in [1.29, 1.82) is 0 Å². The Morgan fingerprint density at radius 1 is 1.25 bits per heavy atom. The fraction of sp³-hybridized carbons (Fsp3) is 0.222. The number of carbonyl (C=O) groups is 2. The molecule has 0 unspecified atom stereocenters. The first kappa shape index (κ1) is 16.4. The SMILES string of the molecule is COc1ccc(NC(=O)C[C@H]2CSc3ccccc3NC2=O)cc1. The lowest BCUT2D eigenvalue weighted by atomic mass is 10.1. The number of methoxy groups -OCH3 is 1. The summed E-state index contributed by atoms with van der Waals surface area (Å²) in [4.78, 5) is 25.6. The molecule has 2 N–H and O–H groups in total. The molecule has 0 fully saturated rings. The van der Waals surface area contributed by atoms with Gasteiger partial charge >= 0.3 is 0 Å². The van der Waals surface area contributed by atoms with Crippen LogP contribution in [-0.2, 0) is 9.59 Å². The minimum atomic E-state index is -0.361. The van der Waals surface area contributed by atoms with Crippen LogP contribution in [0.4, 0.5) is 11.4 Å². The molecule has 24 heavy (non-hydrogen) atoms. The van der Waals surface area contributed by atoms with Gasteiger partial charge in [0.25, 0.3) is 0 Å². The van der Waals surface area contributed by atoms with Crippen LogP contribution in [0.3, 0.4) is 0 Å². The molecule has 0 spiro atoms. The first-order chi connectivity index (χ1) is 11.7. The molecule has 1 atom stereocenters.